The van der Waals surface area contributed by atoms with Crippen molar-refractivity contribution in [1.82, 2.24) is 5.16 Å². The minimum atomic E-state index is -1.11. The monoisotopic (exact) mass is 247 g/mol. The second kappa shape index (κ2) is 4.91. The summed E-state index contributed by atoms with van der Waals surface area (Å²) in [5, 5.41) is 12.1. The van der Waals surface area contributed by atoms with Crippen molar-refractivity contribution in [2.75, 3.05) is 0 Å². The Hall–Kier alpha value is -2.30. The van der Waals surface area contributed by atoms with Crippen molar-refractivity contribution in [3.05, 3.63) is 46.8 Å². The fraction of sp³-hybridized carbons (Fsp3) is 0.231. The van der Waals surface area contributed by atoms with Crippen LogP contribution in [0, 0.1) is 13.8 Å². The molecule has 1 heterocycles. The van der Waals surface area contributed by atoms with Crippen LogP contribution in [-0.2, 0) is 6.61 Å². The van der Waals surface area contributed by atoms with Gasteiger partial charge < -0.3 is 14.4 Å². The summed E-state index contributed by atoms with van der Waals surface area (Å²) < 4.78 is 10.3. The molecule has 0 fully saturated rings. The lowest BCUT2D eigenvalue weighted by molar-refractivity contribution is 0.0685. The van der Waals surface area contributed by atoms with Gasteiger partial charge in [0.05, 0.1) is 0 Å². The Morgan fingerprint density at radius 2 is 2.11 bits per heavy atom. The Labute approximate surface area is 104 Å². The van der Waals surface area contributed by atoms with Crippen LogP contribution in [-0.4, -0.2) is 16.2 Å². The van der Waals surface area contributed by atoms with E-state index in [-0.39, 0.29) is 12.3 Å². The number of carbonyl (C=O) groups is 1. The van der Waals surface area contributed by atoms with Crippen LogP contribution in [0.25, 0.3) is 0 Å². The summed E-state index contributed by atoms with van der Waals surface area (Å²) >= 11 is 0. The maximum Gasteiger partial charge on any atom is 0.358 e. The van der Waals surface area contributed by atoms with E-state index in [1.54, 1.807) is 0 Å². The lowest BCUT2D eigenvalue weighted by Crippen LogP contribution is -1.96. The normalized spacial score (nSPS) is 10.3. The number of benzene rings is 1. The molecule has 5 nitrogen and oxygen atoms in total. The molecule has 0 saturated heterocycles. The molecule has 0 radical (unpaired) electrons. The van der Waals surface area contributed by atoms with Gasteiger partial charge in [-0.05, 0) is 37.1 Å². The number of ether oxygens (including phenoxy) is 1. The molecule has 1 aromatic heterocycles. The molecule has 5 heteroatoms. The number of rotatable bonds is 4. The predicted molar refractivity (Wildman–Crippen MR) is 63.7 cm³/mol. The summed E-state index contributed by atoms with van der Waals surface area (Å²) in [6.07, 6.45) is 0. The van der Waals surface area contributed by atoms with Crippen molar-refractivity contribution >= 4 is 5.97 Å². The van der Waals surface area contributed by atoms with Gasteiger partial charge in [-0.3, -0.25) is 0 Å². The van der Waals surface area contributed by atoms with Gasteiger partial charge in [0, 0.05) is 6.07 Å². The van der Waals surface area contributed by atoms with E-state index in [9.17, 15) is 4.79 Å². The van der Waals surface area contributed by atoms with E-state index >= 15 is 0 Å². The lowest BCUT2D eigenvalue weighted by atomic mass is 10.1. The molecular weight excluding hydrogens is 234 g/mol. The maximum atomic E-state index is 10.6. The largest absolute Gasteiger partial charge is 0.486 e. The van der Waals surface area contributed by atoms with E-state index in [0.717, 1.165) is 5.56 Å². The van der Waals surface area contributed by atoms with Crippen LogP contribution < -0.4 is 4.74 Å². The summed E-state index contributed by atoms with van der Waals surface area (Å²) in [5.41, 5.74) is 2.21. The molecule has 0 aliphatic carbocycles. The predicted octanol–water partition coefficient (Wildman–Crippen LogP) is 2.57. The number of aromatic nitrogens is 1. The van der Waals surface area contributed by atoms with Crippen LogP contribution in [0.5, 0.6) is 5.75 Å². The van der Waals surface area contributed by atoms with Gasteiger partial charge in [0.2, 0.25) is 0 Å². The minimum absolute atomic E-state index is 0.117. The molecule has 0 bridgehead atoms. The van der Waals surface area contributed by atoms with Crippen molar-refractivity contribution in [2.24, 2.45) is 0 Å². The Bertz CT molecular complexity index is 574. The fourth-order valence-corrected chi connectivity index (χ4v) is 1.44. The van der Waals surface area contributed by atoms with Crippen LogP contribution in [0.3, 0.4) is 0 Å². The van der Waals surface area contributed by atoms with E-state index in [1.807, 2.05) is 32.0 Å². The van der Waals surface area contributed by atoms with Crippen LogP contribution in [0.15, 0.2) is 28.8 Å². The highest BCUT2D eigenvalue weighted by Gasteiger charge is 2.10. The summed E-state index contributed by atoms with van der Waals surface area (Å²) in [5.74, 6) is -0.0202. The molecule has 1 aromatic carbocycles. The first-order valence-corrected chi connectivity index (χ1v) is 5.45. The first-order chi connectivity index (χ1) is 8.56. The highest BCUT2D eigenvalue weighted by Crippen LogP contribution is 2.18. The first kappa shape index (κ1) is 12.2. The summed E-state index contributed by atoms with van der Waals surface area (Å²) in [6.45, 7) is 4.18. The zero-order chi connectivity index (χ0) is 13.1. The van der Waals surface area contributed by atoms with Crippen molar-refractivity contribution < 1.29 is 19.2 Å². The number of aromatic carboxylic acids is 1. The smallest absolute Gasteiger partial charge is 0.358 e. The Morgan fingerprint density at radius 1 is 1.33 bits per heavy atom. The molecule has 2 rings (SSSR count). The van der Waals surface area contributed by atoms with E-state index in [1.165, 1.54) is 11.6 Å². The zero-order valence-electron chi connectivity index (χ0n) is 10.1. The third-order valence-corrected chi connectivity index (χ3v) is 2.64. The van der Waals surface area contributed by atoms with Crippen LogP contribution >= 0.6 is 0 Å². The Balaban J connectivity index is 2.02. The molecule has 0 atom stereocenters. The quantitative estimate of drug-likeness (QED) is 0.898. The average Bonchev–Trinajstić information content (AvgIpc) is 2.79. The Kier molecular flexibility index (Phi) is 3.32. The van der Waals surface area contributed by atoms with Gasteiger partial charge in [-0.1, -0.05) is 11.2 Å². The lowest BCUT2D eigenvalue weighted by Gasteiger charge is -2.06. The highest BCUT2D eigenvalue weighted by molar-refractivity contribution is 5.85. The van der Waals surface area contributed by atoms with Gasteiger partial charge in [0.25, 0.3) is 0 Å². The molecule has 0 aliphatic heterocycles. The highest BCUT2D eigenvalue weighted by atomic mass is 16.5. The maximum absolute atomic E-state index is 10.6. The van der Waals surface area contributed by atoms with E-state index in [2.05, 4.69) is 5.16 Å². The van der Waals surface area contributed by atoms with Crippen LogP contribution in [0.1, 0.15) is 27.4 Å². The zero-order valence-corrected chi connectivity index (χ0v) is 10.1. The number of carboxylic acids is 1. The van der Waals surface area contributed by atoms with Gasteiger partial charge >= 0.3 is 5.97 Å². The number of nitrogens with zero attached hydrogens (tertiary/aromatic N) is 1. The van der Waals surface area contributed by atoms with E-state index in [0.29, 0.717) is 11.5 Å². The molecule has 0 amide bonds. The van der Waals surface area contributed by atoms with Gasteiger partial charge in [-0.2, -0.15) is 0 Å². The van der Waals surface area contributed by atoms with Gasteiger partial charge in [-0.25, -0.2) is 4.79 Å². The molecule has 0 spiro atoms. The fourth-order valence-electron chi connectivity index (χ4n) is 1.44. The topological polar surface area (TPSA) is 72.6 Å². The first-order valence-electron chi connectivity index (χ1n) is 5.45. The van der Waals surface area contributed by atoms with Crippen LogP contribution in [0.4, 0.5) is 0 Å². The van der Waals surface area contributed by atoms with E-state index < -0.39 is 5.97 Å². The number of hydrogen-bond acceptors (Lipinski definition) is 4. The molecule has 94 valence electrons. The van der Waals surface area contributed by atoms with Gasteiger partial charge in [-0.15, -0.1) is 0 Å². The molecule has 0 aliphatic rings. The molecular formula is C13H13NO4. The third kappa shape index (κ3) is 2.68. The molecule has 2 aromatic rings. The van der Waals surface area contributed by atoms with Crippen molar-refractivity contribution in [1.29, 1.82) is 0 Å². The van der Waals surface area contributed by atoms with Gasteiger partial charge in [0.15, 0.2) is 11.5 Å². The standard InChI is InChI=1S/C13H13NO4/c1-8-3-4-10(5-9(8)2)17-7-11-6-12(13(15)16)14-18-11/h3-6H,7H2,1-2H3,(H,15,16). The number of aryl methyl sites for hydroxylation is 2. The second-order valence-electron chi connectivity index (χ2n) is 4.02. The number of hydrogen-bond donors (Lipinski definition) is 1. The van der Waals surface area contributed by atoms with Crippen molar-refractivity contribution in [3.63, 3.8) is 0 Å². The number of carboxylic acid groups (broad SMARTS) is 1. The molecule has 0 saturated carbocycles. The second-order valence-corrected chi connectivity index (χ2v) is 4.02. The van der Waals surface area contributed by atoms with Crippen molar-refractivity contribution in [3.8, 4) is 5.75 Å². The summed E-state index contributed by atoms with van der Waals surface area (Å²) in [4.78, 5) is 10.6. The van der Waals surface area contributed by atoms with Gasteiger partial charge in [0.1, 0.15) is 12.4 Å². The van der Waals surface area contributed by atoms with Crippen molar-refractivity contribution in [2.45, 2.75) is 20.5 Å². The summed E-state index contributed by atoms with van der Waals surface area (Å²) in [7, 11) is 0. The minimum Gasteiger partial charge on any atom is -0.486 e. The molecule has 0 unspecified atom stereocenters. The molecule has 1 N–H and O–H groups in total. The third-order valence-electron chi connectivity index (χ3n) is 2.64. The van der Waals surface area contributed by atoms with Crippen LogP contribution in [0.2, 0.25) is 0 Å². The SMILES string of the molecule is Cc1ccc(OCc2cc(C(=O)O)no2)cc1C. The molecule has 18 heavy (non-hydrogen) atoms. The summed E-state index contributed by atoms with van der Waals surface area (Å²) in [6, 6.07) is 7.09. The van der Waals surface area contributed by atoms with E-state index in [4.69, 9.17) is 14.4 Å². The Morgan fingerprint density at radius 3 is 2.72 bits per heavy atom. The average molecular weight is 247 g/mol.